The number of benzene rings is 1. The molecule has 0 fully saturated rings. The van der Waals surface area contributed by atoms with Gasteiger partial charge in [-0.25, -0.2) is 0 Å². The molecule has 0 unspecified atom stereocenters. The number of hydrazone groups is 1. The minimum absolute atomic E-state index is 0.493. The Morgan fingerprint density at radius 2 is 1.85 bits per heavy atom. The average molecular weight is 303 g/mol. The molecule has 0 aliphatic heterocycles. The van der Waals surface area contributed by atoms with E-state index in [0.29, 0.717) is 5.11 Å². The highest BCUT2D eigenvalue weighted by atomic mass is 32.1. The van der Waals surface area contributed by atoms with Crippen LogP contribution in [0.25, 0.3) is 0 Å². The van der Waals surface area contributed by atoms with Gasteiger partial charge in [0.05, 0.1) is 6.21 Å². The first-order chi connectivity index (χ1) is 9.58. The van der Waals surface area contributed by atoms with E-state index in [1.54, 1.807) is 17.6 Å². The van der Waals surface area contributed by atoms with Gasteiger partial charge in [0.2, 0.25) is 0 Å². The Bertz CT molecular complexity index is 624. The Morgan fingerprint density at radius 1 is 1.15 bits per heavy atom. The van der Waals surface area contributed by atoms with Crippen LogP contribution in [0.1, 0.15) is 21.6 Å². The number of nitrogens with one attached hydrogen (secondary N) is 2. The fourth-order valence-corrected chi connectivity index (χ4v) is 2.76. The number of anilines is 1. The van der Waals surface area contributed by atoms with Crippen molar-refractivity contribution in [2.24, 2.45) is 5.10 Å². The Labute approximate surface area is 128 Å². The van der Waals surface area contributed by atoms with Gasteiger partial charge in [-0.05, 0) is 61.1 Å². The van der Waals surface area contributed by atoms with Crippen molar-refractivity contribution < 1.29 is 0 Å². The van der Waals surface area contributed by atoms with E-state index >= 15 is 0 Å². The maximum absolute atomic E-state index is 5.25. The van der Waals surface area contributed by atoms with Crippen LogP contribution in [0, 0.1) is 20.8 Å². The Kier molecular flexibility index (Phi) is 4.87. The SMILES string of the molecule is Cc1ccsc1/C=N/NC(=S)Nc1c(C)cccc1C. The summed E-state index contributed by atoms with van der Waals surface area (Å²) >= 11 is 6.91. The first-order valence-electron chi connectivity index (χ1n) is 6.28. The minimum Gasteiger partial charge on any atom is -0.331 e. The zero-order valence-corrected chi connectivity index (χ0v) is 13.4. The largest absolute Gasteiger partial charge is 0.331 e. The van der Waals surface area contributed by atoms with E-state index in [9.17, 15) is 0 Å². The lowest BCUT2D eigenvalue weighted by Gasteiger charge is -2.12. The summed E-state index contributed by atoms with van der Waals surface area (Å²) in [6.45, 7) is 6.16. The van der Waals surface area contributed by atoms with Gasteiger partial charge in [-0.2, -0.15) is 5.10 Å². The molecule has 0 amide bonds. The average Bonchev–Trinajstić information content (AvgIpc) is 2.80. The van der Waals surface area contributed by atoms with Crippen molar-refractivity contribution in [2.45, 2.75) is 20.8 Å². The summed E-state index contributed by atoms with van der Waals surface area (Å²) in [5.41, 5.74) is 7.42. The fraction of sp³-hybridized carbons (Fsp3) is 0.200. The van der Waals surface area contributed by atoms with Crippen LogP contribution in [0.5, 0.6) is 0 Å². The second-order valence-corrected chi connectivity index (χ2v) is 5.91. The second kappa shape index (κ2) is 6.63. The summed E-state index contributed by atoms with van der Waals surface area (Å²) in [5, 5.41) is 9.88. The van der Waals surface area contributed by atoms with Crippen molar-refractivity contribution in [3.8, 4) is 0 Å². The van der Waals surface area contributed by atoms with Gasteiger partial charge < -0.3 is 5.32 Å². The molecule has 1 aromatic heterocycles. The summed E-state index contributed by atoms with van der Waals surface area (Å²) in [5.74, 6) is 0. The summed E-state index contributed by atoms with van der Waals surface area (Å²) in [4.78, 5) is 1.13. The van der Waals surface area contributed by atoms with Crippen LogP contribution in [-0.2, 0) is 0 Å². The van der Waals surface area contributed by atoms with Crippen LogP contribution in [-0.4, -0.2) is 11.3 Å². The quantitative estimate of drug-likeness (QED) is 0.511. The third-order valence-electron chi connectivity index (χ3n) is 2.97. The van der Waals surface area contributed by atoms with Gasteiger partial charge in [-0.3, -0.25) is 5.43 Å². The molecule has 104 valence electrons. The fourth-order valence-electron chi connectivity index (χ4n) is 1.82. The maximum Gasteiger partial charge on any atom is 0.191 e. The van der Waals surface area contributed by atoms with Gasteiger partial charge in [0.25, 0.3) is 0 Å². The highest BCUT2D eigenvalue weighted by molar-refractivity contribution is 7.80. The zero-order valence-electron chi connectivity index (χ0n) is 11.7. The van der Waals surface area contributed by atoms with Crippen LogP contribution < -0.4 is 10.7 Å². The molecule has 0 spiro atoms. The Hall–Kier alpha value is -1.72. The van der Waals surface area contributed by atoms with Crippen LogP contribution >= 0.6 is 23.6 Å². The highest BCUT2D eigenvalue weighted by Gasteiger charge is 2.03. The summed E-state index contributed by atoms with van der Waals surface area (Å²) in [7, 11) is 0. The van der Waals surface area contributed by atoms with Gasteiger partial charge in [0.1, 0.15) is 0 Å². The smallest absolute Gasteiger partial charge is 0.191 e. The molecule has 0 saturated carbocycles. The molecule has 2 rings (SSSR count). The number of thiocarbonyl (C=S) groups is 1. The van der Waals surface area contributed by atoms with E-state index in [0.717, 1.165) is 21.7 Å². The van der Waals surface area contributed by atoms with Gasteiger partial charge in [0, 0.05) is 10.6 Å². The molecule has 1 aromatic carbocycles. The van der Waals surface area contributed by atoms with Crippen molar-refractivity contribution in [3.63, 3.8) is 0 Å². The molecular weight excluding hydrogens is 286 g/mol. The highest BCUT2D eigenvalue weighted by Crippen LogP contribution is 2.19. The number of para-hydroxylation sites is 1. The van der Waals surface area contributed by atoms with E-state index in [2.05, 4.69) is 54.8 Å². The first-order valence-corrected chi connectivity index (χ1v) is 7.57. The number of hydrogen-bond acceptors (Lipinski definition) is 3. The zero-order chi connectivity index (χ0) is 14.5. The lowest BCUT2D eigenvalue weighted by Crippen LogP contribution is -2.24. The normalized spacial score (nSPS) is 10.8. The number of thiophene rings is 1. The molecule has 20 heavy (non-hydrogen) atoms. The van der Waals surface area contributed by atoms with Gasteiger partial charge in [-0.1, -0.05) is 18.2 Å². The Morgan fingerprint density at radius 3 is 2.45 bits per heavy atom. The standard InChI is InChI=1S/C15H17N3S2/c1-10-7-8-20-13(10)9-16-18-15(19)17-14-11(2)5-4-6-12(14)3/h4-9H,1-3H3,(H2,17,18,19)/b16-9+. The van der Waals surface area contributed by atoms with E-state index in [1.807, 2.05) is 11.4 Å². The van der Waals surface area contributed by atoms with Crippen molar-refractivity contribution in [1.82, 2.24) is 5.43 Å². The molecule has 0 bridgehead atoms. The van der Waals surface area contributed by atoms with Crippen molar-refractivity contribution in [3.05, 3.63) is 51.2 Å². The molecule has 0 radical (unpaired) electrons. The third kappa shape index (κ3) is 3.65. The van der Waals surface area contributed by atoms with E-state index in [1.165, 1.54) is 5.56 Å². The summed E-state index contributed by atoms with van der Waals surface area (Å²) < 4.78 is 0. The monoisotopic (exact) mass is 303 g/mol. The van der Waals surface area contributed by atoms with Gasteiger partial charge >= 0.3 is 0 Å². The maximum atomic E-state index is 5.25. The minimum atomic E-state index is 0.493. The third-order valence-corrected chi connectivity index (χ3v) is 4.12. The van der Waals surface area contributed by atoms with E-state index in [4.69, 9.17) is 12.2 Å². The lowest BCUT2D eigenvalue weighted by atomic mass is 10.1. The van der Waals surface area contributed by atoms with Crippen LogP contribution in [0.4, 0.5) is 5.69 Å². The van der Waals surface area contributed by atoms with Crippen LogP contribution in [0.15, 0.2) is 34.7 Å². The van der Waals surface area contributed by atoms with Gasteiger partial charge in [0.15, 0.2) is 5.11 Å². The molecule has 1 heterocycles. The van der Waals surface area contributed by atoms with E-state index in [-0.39, 0.29) is 0 Å². The molecule has 0 aliphatic carbocycles. The lowest BCUT2D eigenvalue weighted by molar-refractivity contribution is 1.05. The number of aryl methyl sites for hydroxylation is 3. The number of hydrogen-bond donors (Lipinski definition) is 2. The van der Waals surface area contributed by atoms with Crippen LogP contribution in [0.2, 0.25) is 0 Å². The molecule has 0 aliphatic rings. The predicted molar refractivity (Wildman–Crippen MR) is 91.9 cm³/mol. The first kappa shape index (κ1) is 14.7. The summed E-state index contributed by atoms with van der Waals surface area (Å²) in [6, 6.07) is 8.20. The summed E-state index contributed by atoms with van der Waals surface area (Å²) in [6.07, 6.45) is 1.79. The predicted octanol–water partition coefficient (Wildman–Crippen LogP) is 3.99. The molecule has 5 heteroatoms. The van der Waals surface area contributed by atoms with Gasteiger partial charge in [-0.15, -0.1) is 11.3 Å². The molecule has 3 nitrogen and oxygen atoms in total. The number of nitrogens with zero attached hydrogens (tertiary/aromatic N) is 1. The van der Waals surface area contributed by atoms with E-state index < -0.39 is 0 Å². The van der Waals surface area contributed by atoms with Crippen molar-refractivity contribution in [2.75, 3.05) is 5.32 Å². The second-order valence-electron chi connectivity index (χ2n) is 4.56. The topological polar surface area (TPSA) is 36.4 Å². The molecule has 0 atom stereocenters. The molecule has 2 N–H and O–H groups in total. The van der Waals surface area contributed by atoms with Crippen LogP contribution in [0.3, 0.4) is 0 Å². The molecule has 2 aromatic rings. The molecule has 0 saturated heterocycles. The van der Waals surface area contributed by atoms with Crippen molar-refractivity contribution in [1.29, 1.82) is 0 Å². The molecular formula is C15H17N3S2. The van der Waals surface area contributed by atoms with Crippen molar-refractivity contribution >= 4 is 40.6 Å². The number of rotatable bonds is 3. The Balaban J connectivity index is 1.96.